The average Bonchev–Trinajstić information content (AvgIpc) is 2.76. The number of hydrogen-bond donors (Lipinski definition) is 1. The third-order valence-electron chi connectivity index (χ3n) is 2.51. The first-order valence-electron chi connectivity index (χ1n) is 5.44. The molecule has 0 unspecified atom stereocenters. The molecule has 100 valence electrons. The van der Waals surface area contributed by atoms with Gasteiger partial charge in [-0.3, -0.25) is 4.79 Å². The third-order valence-corrected chi connectivity index (χ3v) is 2.51. The maximum atomic E-state index is 11.5. The Bertz CT molecular complexity index is 671. The fraction of sp³-hybridized carbons (Fsp3) is 0.250. The number of methoxy groups -OCH3 is 1. The number of hydrogen-bond acceptors (Lipinski definition) is 5. The lowest BCUT2D eigenvalue weighted by molar-refractivity contribution is 0.0684. The number of aryl methyl sites for hydroxylation is 1. The molecule has 1 N–H and O–H groups in total. The van der Waals surface area contributed by atoms with Gasteiger partial charge in [0.2, 0.25) is 11.3 Å². The van der Waals surface area contributed by atoms with Gasteiger partial charge in [-0.05, 0) is 6.92 Å². The molecule has 2 aromatic heterocycles. The molecule has 0 amide bonds. The first-order chi connectivity index (χ1) is 9.01. The van der Waals surface area contributed by atoms with E-state index in [2.05, 4.69) is 4.98 Å². The maximum absolute atomic E-state index is 11.5. The van der Waals surface area contributed by atoms with Gasteiger partial charge in [-0.15, -0.1) is 0 Å². The van der Waals surface area contributed by atoms with Crippen molar-refractivity contribution < 1.29 is 19.1 Å². The summed E-state index contributed by atoms with van der Waals surface area (Å²) in [5.74, 6) is -0.165. The Labute approximate surface area is 108 Å². The van der Waals surface area contributed by atoms with Crippen LogP contribution in [0.1, 0.15) is 22.1 Å². The summed E-state index contributed by atoms with van der Waals surface area (Å²) < 4.78 is 11.5. The summed E-state index contributed by atoms with van der Waals surface area (Å²) in [6, 6.07) is 1.01. The highest BCUT2D eigenvalue weighted by Crippen LogP contribution is 2.10. The Morgan fingerprint density at radius 1 is 1.58 bits per heavy atom. The van der Waals surface area contributed by atoms with Crippen LogP contribution in [0.25, 0.3) is 0 Å². The van der Waals surface area contributed by atoms with Crippen LogP contribution in [0.2, 0.25) is 0 Å². The zero-order valence-corrected chi connectivity index (χ0v) is 10.4. The van der Waals surface area contributed by atoms with Crippen LogP contribution in [0, 0.1) is 6.92 Å². The van der Waals surface area contributed by atoms with E-state index in [1.807, 2.05) is 0 Å². The number of rotatable bonds is 4. The quantitative estimate of drug-likeness (QED) is 0.881. The number of oxazole rings is 1. The molecule has 0 bridgehead atoms. The highest BCUT2D eigenvalue weighted by Gasteiger charge is 2.14. The highest BCUT2D eigenvalue weighted by molar-refractivity contribution is 5.85. The smallest absolute Gasteiger partial charge is 0.352 e. The molecule has 7 nitrogen and oxygen atoms in total. The number of aromatic carboxylic acids is 1. The first kappa shape index (κ1) is 12.9. The van der Waals surface area contributed by atoms with E-state index in [0.29, 0.717) is 11.7 Å². The van der Waals surface area contributed by atoms with Gasteiger partial charge in [0, 0.05) is 6.07 Å². The van der Waals surface area contributed by atoms with Crippen LogP contribution in [0.5, 0.6) is 5.75 Å². The summed E-state index contributed by atoms with van der Waals surface area (Å²) >= 11 is 0. The number of pyridine rings is 1. The normalized spacial score (nSPS) is 10.4. The summed E-state index contributed by atoms with van der Waals surface area (Å²) in [4.78, 5) is 26.7. The van der Waals surface area contributed by atoms with Crippen molar-refractivity contribution in [3.05, 3.63) is 46.0 Å². The van der Waals surface area contributed by atoms with Crippen LogP contribution in [-0.4, -0.2) is 27.7 Å². The third kappa shape index (κ3) is 2.65. The van der Waals surface area contributed by atoms with Gasteiger partial charge < -0.3 is 18.8 Å². The van der Waals surface area contributed by atoms with E-state index in [1.54, 1.807) is 6.92 Å². The predicted molar refractivity (Wildman–Crippen MR) is 64.6 cm³/mol. The minimum atomic E-state index is -1.21. The minimum absolute atomic E-state index is 0.0632. The number of nitrogens with zero attached hydrogens (tertiary/aromatic N) is 2. The van der Waals surface area contributed by atoms with E-state index in [-0.39, 0.29) is 18.0 Å². The van der Waals surface area contributed by atoms with E-state index in [9.17, 15) is 9.59 Å². The van der Waals surface area contributed by atoms with Gasteiger partial charge in [0.05, 0.1) is 26.0 Å². The molecule has 0 aliphatic carbocycles. The maximum Gasteiger partial charge on any atom is 0.352 e. The van der Waals surface area contributed by atoms with Crippen LogP contribution in [0.4, 0.5) is 0 Å². The molecule has 2 aromatic rings. The Morgan fingerprint density at radius 2 is 2.32 bits per heavy atom. The molecular weight excluding hydrogens is 252 g/mol. The fourth-order valence-corrected chi connectivity index (χ4v) is 1.64. The van der Waals surface area contributed by atoms with Crippen LogP contribution in [0.3, 0.4) is 0 Å². The topological polar surface area (TPSA) is 94.6 Å². The number of aromatic nitrogens is 2. The molecule has 2 rings (SSSR count). The minimum Gasteiger partial charge on any atom is -0.491 e. The number of carboxylic acid groups (broad SMARTS) is 1. The van der Waals surface area contributed by atoms with E-state index in [0.717, 1.165) is 6.07 Å². The van der Waals surface area contributed by atoms with E-state index in [4.69, 9.17) is 14.3 Å². The Balaban J connectivity index is 2.47. The van der Waals surface area contributed by atoms with Crippen LogP contribution < -0.4 is 10.2 Å². The summed E-state index contributed by atoms with van der Waals surface area (Å²) in [7, 11) is 1.34. The van der Waals surface area contributed by atoms with Crippen molar-refractivity contribution in [2.24, 2.45) is 0 Å². The lowest BCUT2D eigenvalue weighted by Crippen LogP contribution is -2.18. The molecule has 2 heterocycles. The van der Waals surface area contributed by atoms with Gasteiger partial charge in [0.15, 0.2) is 5.75 Å². The second kappa shape index (κ2) is 4.97. The molecular formula is C12H12N2O5. The fourth-order valence-electron chi connectivity index (χ4n) is 1.64. The molecule has 7 heteroatoms. The van der Waals surface area contributed by atoms with Gasteiger partial charge in [-0.25, -0.2) is 9.78 Å². The zero-order valence-electron chi connectivity index (χ0n) is 10.4. The van der Waals surface area contributed by atoms with Gasteiger partial charge in [0.25, 0.3) is 0 Å². The van der Waals surface area contributed by atoms with E-state index < -0.39 is 11.4 Å². The van der Waals surface area contributed by atoms with Crippen molar-refractivity contribution in [1.82, 2.24) is 9.55 Å². The SMILES string of the molecule is COc1cn(Cc2ncc(C)o2)c(C(=O)O)cc1=O. The standard InChI is InChI=1S/C12H12N2O5/c1-7-4-13-11(19-7)6-14-5-10(18-2)9(15)3-8(14)12(16)17/h3-5H,6H2,1-2H3,(H,16,17). The summed E-state index contributed by atoms with van der Waals surface area (Å²) in [5.41, 5.74) is -0.638. The summed E-state index contributed by atoms with van der Waals surface area (Å²) in [5, 5.41) is 9.09. The van der Waals surface area contributed by atoms with Crippen LogP contribution >= 0.6 is 0 Å². The van der Waals surface area contributed by atoms with Crippen molar-refractivity contribution >= 4 is 5.97 Å². The second-order valence-electron chi connectivity index (χ2n) is 3.89. The molecule has 0 spiro atoms. The summed E-state index contributed by atoms with van der Waals surface area (Å²) in [6.07, 6.45) is 2.86. The van der Waals surface area contributed by atoms with Crippen molar-refractivity contribution in [2.75, 3.05) is 7.11 Å². The zero-order chi connectivity index (χ0) is 14.0. The first-order valence-corrected chi connectivity index (χ1v) is 5.44. The van der Waals surface area contributed by atoms with Gasteiger partial charge >= 0.3 is 5.97 Å². The number of carbonyl (C=O) groups is 1. The largest absolute Gasteiger partial charge is 0.491 e. The van der Waals surface area contributed by atoms with Crippen LogP contribution in [-0.2, 0) is 6.54 Å². The summed E-state index contributed by atoms with van der Waals surface area (Å²) in [6.45, 7) is 1.84. The predicted octanol–water partition coefficient (Wildman–Crippen LogP) is 0.900. The monoisotopic (exact) mass is 264 g/mol. The molecule has 0 fully saturated rings. The second-order valence-corrected chi connectivity index (χ2v) is 3.89. The molecule has 0 atom stereocenters. The number of ether oxygens (including phenoxy) is 1. The van der Waals surface area contributed by atoms with Crippen molar-refractivity contribution in [3.63, 3.8) is 0 Å². The number of carboxylic acids is 1. The van der Waals surface area contributed by atoms with Crippen LogP contribution in [0.15, 0.2) is 27.7 Å². The van der Waals surface area contributed by atoms with Crippen molar-refractivity contribution in [1.29, 1.82) is 0 Å². The Hall–Kier alpha value is -2.57. The van der Waals surface area contributed by atoms with E-state index >= 15 is 0 Å². The average molecular weight is 264 g/mol. The molecule has 0 aliphatic heterocycles. The molecule has 0 saturated heterocycles. The lowest BCUT2D eigenvalue weighted by Gasteiger charge is -2.10. The molecule has 19 heavy (non-hydrogen) atoms. The van der Waals surface area contributed by atoms with Gasteiger partial charge in [-0.1, -0.05) is 0 Å². The van der Waals surface area contributed by atoms with Gasteiger partial charge in [0.1, 0.15) is 11.5 Å². The molecule has 0 aliphatic rings. The lowest BCUT2D eigenvalue weighted by atomic mass is 10.3. The Kier molecular flexibility index (Phi) is 3.37. The highest BCUT2D eigenvalue weighted by atomic mass is 16.5. The molecule has 0 radical (unpaired) electrons. The van der Waals surface area contributed by atoms with E-state index in [1.165, 1.54) is 24.1 Å². The Morgan fingerprint density at radius 3 is 2.84 bits per heavy atom. The van der Waals surface area contributed by atoms with Gasteiger partial charge in [-0.2, -0.15) is 0 Å². The van der Waals surface area contributed by atoms with Crippen molar-refractivity contribution in [3.8, 4) is 5.75 Å². The molecule has 0 aromatic carbocycles. The molecule has 0 saturated carbocycles. The van der Waals surface area contributed by atoms with Crippen molar-refractivity contribution in [2.45, 2.75) is 13.5 Å².